The van der Waals surface area contributed by atoms with Crippen LogP contribution in [0.1, 0.15) is 11.1 Å². The van der Waals surface area contributed by atoms with Crippen LogP contribution in [0.25, 0.3) is 28.0 Å². The van der Waals surface area contributed by atoms with Gasteiger partial charge >= 0.3 is 7.40 Å². The van der Waals surface area contributed by atoms with Gasteiger partial charge in [-0.25, -0.2) is 9.98 Å². The summed E-state index contributed by atoms with van der Waals surface area (Å²) in [6.45, 7) is 0. The highest BCUT2D eigenvalue weighted by molar-refractivity contribution is 9.10. The third kappa shape index (κ3) is 5.29. The van der Waals surface area contributed by atoms with Crippen molar-refractivity contribution in [3.05, 3.63) is 141 Å². The fourth-order valence-corrected chi connectivity index (χ4v) is 5.22. The number of hydrogen-bond donors (Lipinski definition) is 0. The van der Waals surface area contributed by atoms with E-state index >= 15 is 0 Å². The van der Waals surface area contributed by atoms with Gasteiger partial charge in [-0.15, -0.1) is 0 Å². The van der Waals surface area contributed by atoms with Gasteiger partial charge in [-0.3, -0.25) is 8.63 Å². The van der Waals surface area contributed by atoms with E-state index in [0.29, 0.717) is 22.7 Å². The van der Waals surface area contributed by atoms with Crippen molar-refractivity contribution < 1.29 is 8.63 Å². The largest absolute Gasteiger partial charge is 0.679 e. The van der Waals surface area contributed by atoms with Crippen LogP contribution in [0.2, 0.25) is 0 Å². The molecule has 4 aromatic carbocycles. The molecule has 1 aliphatic rings. The van der Waals surface area contributed by atoms with Crippen molar-refractivity contribution in [1.82, 2.24) is 4.48 Å². The molecule has 0 saturated carbocycles. The van der Waals surface area contributed by atoms with Crippen LogP contribution in [-0.4, -0.2) is 23.4 Å². The van der Waals surface area contributed by atoms with Crippen LogP contribution in [0, 0.1) is 0 Å². The molecule has 0 radical (unpaired) electrons. The van der Waals surface area contributed by atoms with E-state index in [1.54, 1.807) is 6.07 Å². The Morgan fingerprint density at radius 2 is 1.20 bits per heavy atom. The summed E-state index contributed by atoms with van der Waals surface area (Å²) in [6, 6.07) is 36.1. The lowest BCUT2D eigenvalue weighted by atomic mass is 10.0. The highest BCUT2D eigenvalue weighted by atomic mass is 79.9. The number of aliphatic imine (C=N–C) groups is 2. The Kier molecular flexibility index (Phi) is 7.45. The van der Waals surface area contributed by atoms with E-state index in [-0.39, 0.29) is 5.82 Å². The van der Waals surface area contributed by atoms with Gasteiger partial charge in [-0.1, -0.05) is 117 Å². The number of benzene rings is 4. The molecule has 3 nitrogen and oxygen atoms in total. The van der Waals surface area contributed by atoms with Crippen molar-refractivity contribution in [3.63, 3.8) is 0 Å². The van der Waals surface area contributed by atoms with Gasteiger partial charge in [0.25, 0.3) is 0 Å². The molecule has 0 bridgehead atoms. The Labute approximate surface area is 248 Å². The van der Waals surface area contributed by atoms with Gasteiger partial charge in [0.05, 0.1) is 5.71 Å². The van der Waals surface area contributed by atoms with Gasteiger partial charge in [0.2, 0.25) is 0 Å². The molecule has 6 rings (SSSR count). The van der Waals surface area contributed by atoms with Crippen molar-refractivity contribution in [3.8, 4) is 22.4 Å². The van der Waals surface area contributed by atoms with Crippen LogP contribution in [0.3, 0.4) is 0 Å². The van der Waals surface area contributed by atoms with Crippen LogP contribution in [0.15, 0.2) is 140 Å². The van der Waals surface area contributed by atoms with Crippen molar-refractivity contribution >= 4 is 62.2 Å². The monoisotopic (exact) mass is 653 g/mol. The second-order valence-corrected chi connectivity index (χ2v) is 11.0. The molecule has 0 saturated heterocycles. The molecule has 40 heavy (non-hydrogen) atoms. The summed E-state index contributed by atoms with van der Waals surface area (Å²) in [5.41, 5.74) is 5.72. The standard InChI is InChI=1S/C32H20BBr2F2N3/c34-25-15-11-21(12-16-25)27-19-29(23-7-3-1-4-8-23)38-31(27)39-32-28(22-13-17-26(35)18-14-22)20-30(40(32)33(36)37)24-9-5-2-6-10-24/h1-20H. The first-order valence-corrected chi connectivity index (χ1v) is 14.1. The molecule has 5 aromatic rings. The van der Waals surface area contributed by atoms with E-state index in [9.17, 15) is 8.63 Å². The normalized spacial score (nSPS) is 13.8. The number of aromatic nitrogens is 1. The minimum atomic E-state index is -2.82. The van der Waals surface area contributed by atoms with Crippen LogP contribution < -0.4 is 0 Å². The van der Waals surface area contributed by atoms with Gasteiger partial charge in [0.1, 0.15) is 5.82 Å². The highest BCUT2D eigenvalue weighted by Crippen LogP contribution is 2.40. The molecule has 0 atom stereocenters. The molecule has 0 spiro atoms. The van der Waals surface area contributed by atoms with Gasteiger partial charge in [-0.05, 0) is 53.1 Å². The van der Waals surface area contributed by atoms with Gasteiger partial charge in [0.15, 0.2) is 5.84 Å². The summed E-state index contributed by atoms with van der Waals surface area (Å²) in [7, 11) is -2.82. The predicted molar refractivity (Wildman–Crippen MR) is 169 cm³/mol. The topological polar surface area (TPSA) is 29.6 Å². The van der Waals surface area contributed by atoms with E-state index in [1.165, 1.54) is 0 Å². The molecule has 8 heteroatoms. The molecular weight excluding hydrogens is 635 g/mol. The van der Waals surface area contributed by atoms with Crippen molar-refractivity contribution in [2.45, 2.75) is 0 Å². The highest BCUT2D eigenvalue weighted by Gasteiger charge is 2.29. The minimum Gasteiger partial charge on any atom is -0.309 e. The van der Waals surface area contributed by atoms with E-state index in [1.807, 2.05) is 115 Å². The smallest absolute Gasteiger partial charge is 0.309 e. The Hall–Kier alpha value is -3.88. The second kappa shape index (κ2) is 11.3. The first kappa shape index (κ1) is 26.4. The maximum absolute atomic E-state index is 14.9. The van der Waals surface area contributed by atoms with Crippen LogP contribution in [0.4, 0.5) is 14.4 Å². The zero-order valence-corrected chi connectivity index (χ0v) is 24.1. The zero-order chi connectivity index (χ0) is 27.6. The molecule has 0 amide bonds. The molecule has 0 fully saturated rings. The molecule has 0 aliphatic carbocycles. The number of hydrogen-bond acceptors (Lipinski definition) is 1. The third-order valence-electron chi connectivity index (χ3n) is 6.61. The molecule has 2 heterocycles. The Bertz CT molecular complexity index is 1760. The van der Waals surface area contributed by atoms with Crippen molar-refractivity contribution in [1.29, 1.82) is 0 Å². The molecule has 1 aliphatic heterocycles. The molecule has 194 valence electrons. The number of allylic oxidation sites excluding steroid dienone is 1. The van der Waals surface area contributed by atoms with E-state index in [4.69, 9.17) is 9.98 Å². The van der Waals surface area contributed by atoms with E-state index in [0.717, 1.165) is 41.4 Å². The summed E-state index contributed by atoms with van der Waals surface area (Å²) in [6.07, 6.45) is 1.96. The second-order valence-electron chi connectivity index (χ2n) is 9.15. The molecule has 0 N–H and O–H groups in total. The fourth-order valence-electron chi connectivity index (χ4n) is 4.69. The first-order chi connectivity index (χ1) is 19.5. The first-order valence-electron chi connectivity index (χ1n) is 12.5. The minimum absolute atomic E-state index is 0.146. The maximum atomic E-state index is 14.9. The molecule has 1 aromatic heterocycles. The third-order valence-corrected chi connectivity index (χ3v) is 7.67. The number of amidine groups is 1. The lowest BCUT2D eigenvalue weighted by molar-refractivity contribution is 0.632. The Morgan fingerprint density at radius 1 is 0.650 bits per heavy atom. The average Bonchev–Trinajstić information content (AvgIpc) is 3.57. The number of nitrogens with zero attached hydrogens (tertiary/aromatic N) is 3. The van der Waals surface area contributed by atoms with Crippen molar-refractivity contribution in [2.75, 3.05) is 0 Å². The van der Waals surface area contributed by atoms with Crippen LogP contribution >= 0.6 is 31.9 Å². The lowest BCUT2D eigenvalue weighted by Gasteiger charge is -2.10. The van der Waals surface area contributed by atoms with Crippen molar-refractivity contribution in [2.24, 2.45) is 9.98 Å². The SMILES string of the molecule is FB(F)n1c(-c2ccccc2)cc(-c2ccc(Br)cc2)c1N=C1N=C(c2ccccc2)C=C1c1ccc(Br)cc1. The summed E-state index contributed by atoms with van der Waals surface area (Å²) < 4.78 is 32.6. The fraction of sp³-hybridized carbons (Fsp3) is 0. The van der Waals surface area contributed by atoms with E-state index < -0.39 is 7.40 Å². The maximum Gasteiger partial charge on any atom is 0.679 e. The summed E-state index contributed by atoms with van der Waals surface area (Å²) >= 11 is 6.97. The van der Waals surface area contributed by atoms with Gasteiger partial charge < -0.3 is 4.48 Å². The lowest BCUT2D eigenvalue weighted by Crippen LogP contribution is -2.14. The van der Waals surface area contributed by atoms with Crippen LogP contribution in [-0.2, 0) is 0 Å². The number of rotatable bonds is 6. The molecule has 0 unspecified atom stereocenters. The number of halogens is 4. The zero-order valence-electron chi connectivity index (χ0n) is 21.0. The molecular formula is C32H20BBr2F2N3. The Balaban J connectivity index is 1.60. The van der Waals surface area contributed by atoms with Gasteiger partial charge in [0, 0.05) is 31.3 Å². The predicted octanol–water partition coefficient (Wildman–Crippen LogP) is 9.74. The summed E-state index contributed by atoms with van der Waals surface area (Å²) in [5, 5.41) is 0. The van der Waals surface area contributed by atoms with Crippen LogP contribution in [0.5, 0.6) is 0 Å². The average molecular weight is 655 g/mol. The quantitative estimate of drug-likeness (QED) is 0.163. The van der Waals surface area contributed by atoms with E-state index in [2.05, 4.69) is 31.9 Å². The summed E-state index contributed by atoms with van der Waals surface area (Å²) in [4.78, 5) is 9.76. The Morgan fingerprint density at radius 3 is 1.77 bits per heavy atom. The van der Waals surface area contributed by atoms with Gasteiger partial charge in [-0.2, -0.15) is 0 Å². The summed E-state index contributed by atoms with van der Waals surface area (Å²) in [5.74, 6) is 0.520.